The van der Waals surface area contributed by atoms with Crippen LogP contribution in [0.25, 0.3) is 6.08 Å². The van der Waals surface area contributed by atoms with Gasteiger partial charge in [0, 0.05) is 6.20 Å². The van der Waals surface area contributed by atoms with Crippen LogP contribution in [0.2, 0.25) is 0 Å². The lowest BCUT2D eigenvalue weighted by molar-refractivity contribution is -0.123. The summed E-state index contributed by atoms with van der Waals surface area (Å²) in [5.41, 5.74) is 1.37. The molecule has 7 nitrogen and oxygen atoms in total. The maximum atomic E-state index is 12.0. The van der Waals surface area contributed by atoms with Gasteiger partial charge in [0.05, 0.1) is 16.4 Å². The third-order valence-electron chi connectivity index (χ3n) is 3.60. The Bertz CT molecular complexity index is 925. The second-order valence-electron chi connectivity index (χ2n) is 5.44. The lowest BCUT2D eigenvalue weighted by atomic mass is 10.1. The normalized spacial score (nSPS) is 13.7. The summed E-state index contributed by atoms with van der Waals surface area (Å²) in [5, 5.41) is 4.79. The lowest BCUT2D eigenvalue weighted by Crippen LogP contribution is -2.51. The number of nitrogens with one attached hydrogen (secondary N) is 2. The summed E-state index contributed by atoms with van der Waals surface area (Å²) in [5.74, 6) is -0.0529. The number of amides is 2. The number of benzene rings is 1. The van der Waals surface area contributed by atoms with E-state index in [-0.39, 0.29) is 17.3 Å². The number of ether oxygens (including phenoxy) is 2. The van der Waals surface area contributed by atoms with Crippen molar-refractivity contribution in [1.29, 1.82) is 0 Å². The SMILES string of the molecule is COc1cc(C=C2C(=O)NC(=S)NC2=O)cc(I)c1OCc1ccccn1. The predicted octanol–water partition coefficient (Wildman–Crippen LogP) is 2.19. The molecule has 1 saturated heterocycles. The maximum absolute atomic E-state index is 12.0. The molecule has 3 rings (SSSR count). The van der Waals surface area contributed by atoms with Gasteiger partial charge in [0.15, 0.2) is 16.6 Å². The largest absolute Gasteiger partial charge is 0.493 e. The van der Waals surface area contributed by atoms with Crippen molar-refractivity contribution in [3.63, 3.8) is 0 Å². The molecule has 1 fully saturated rings. The monoisotopic (exact) mass is 495 g/mol. The average molecular weight is 495 g/mol. The summed E-state index contributed by atoms with van der Waals surface area (Å²) >= 11 is 6.90. The van der Waals surface area contributed by atoms with E-state index in [4.69, 9.17) is 21.7 Å². The molecule has 0 saturated carbocycles. The van der Waals surface area contributed by atoms with Gasteiger partial charge in [-0.05, 0) is 70.7 Å². The van der Waals surface area contributed by atoms with E-state index in [2.05, 4.69) is 38.2 Å². The van der Waals surface area contributed by atoms with Crippen molar-refractivity contribution < 1.29 is 19.1 Å². The number of carbonyl (C=O) groups is 2. The van der Waals surface area contributed by atoms with E-state index >= 15 is 0 Å². The quantitative estimate of drug-likeness (QED) is 0.286. The number of carbonyl (C=O) groups excluding carboxylic acids is 2. The number of hydrogen-bond donors (Lipinski definition) is 2. The minimum atomic E-state index is -0.548. The molecule has 2 amide bonds. The summed E-state index contributed by atoms with van der Waals surface area (Å²) in [4.78, 5) is 28.2. The molecule has 138 valence electrons. The highest BCUT2D eigenvalue weighted by Crippen LogP contribution is 2.35. The molecular formula is C18H14IN3O4S. The molecule has 1 aliphatic rings. The van der Waals surface area contributed by atoms with Gasteiger partial charge in [0.1, 0.15) is 12.2 Å². The average Bonchev–Trinajstić information content (AvgIpc) is 2.64. The highest BCUT2D eigenvalue weighted by molar-refractivity contribution is 14.1. The topological polar surface area (TPSA) is 89.6 Å². The fraction of sp³-hybridized carbons (Fsp3) is 0.111. The van der Waals surface area contributed by atoms with Gasteiger partial charge in [0.2, 0.25) is 0 Å². The van der Waals surface area contributed by atoms with Crippen molar-refractivity contribution >= 4 is 57.8 Å². The Kier molecular flexibility index (Phi) is 6.01. The Morgan fingerprint density at radius 1 is 1.22 bits per heavy atom. The lowest BCUT2D eigenvalue weighted by Gasteiger charge is -2.17. The molecule has 0 unspecified atom stereocenters. The molecule has 2 heterocycles. The van der Waals surface area contributed by atoms with Crippen molar-refractivity contribution in [2.45, 2.75) is 6.61 Å². The standard InChI is InChI=1S/C18H14IN3O4S/c1-25-14-8-10(6-12-16(23)21-18(27)22-17(12)24)7-13(19)15(14)26-9-11-4-2-3-5-20-11/h2-8H,9H2,1H3,(H2,21,22,23,24,27). The molecule has 1 aromatic carbocycles. The van der Waals surface area contributed by atoms with E-state index in [9.17, 15) is 9.59 Å². The summed E-state index contributed by atoms with van der Waals surface area (Å²) in [6.45, 7) is 0.288. The van der Waals surface area contributed by atoms with Gasteiger partial charge in [-0.15, -0.1) is 0 Å². The zero-order valence-corrected chi connectivity index (χ0v) is 17.1. The molecule has 0 bridgehead atoms. The van der Waals surface area contributed by atoms with E-state index in [1.54, 1.807) is 18.3 Å². The van der Waals surface area contributed by atoms with Crippen molar-refractivity contribution in [3.8, 4) is 11.5 Å². The van der Waals surface area contributed by atoms with Crippen molar-refractivity contribution in [2.75, 3.05) is 7.11 Å². The number of aromatic nitrogens is 1. The first-order valence-electron chi connectivity index (χ1n) is 7.76. The molecule has 1 aliphatic heterocycles. The van der Waals surface area contributed by atoms with Gasteiger partial charge in [-0.25, -0.2) is 0 Å². The Morgan fingerprint density at radius 2 is 1.96 bits per heavy atom. The molecule has 0 spiro atoms. The van der Waals surface area contributed by atoms with Gasteiger partial charge in [0.25, 0.3) is 11.8 Å². The van der Waals surface area contributed by atoms with E-state index < -0.39 is 11.8 Å². The van der Waals surface area contributed by atoms with Gasteiger partial charge in [-0.2, -0.15) is 0 Å². The number of methoxy groups -OCH3 is 1. The fourth-order valence-electron chi connectivity index (χ4n) is 2.37. The molecule has 0 radical (unpaired) electrons. The molecule has 0 atom stereocenters. The van der Waals surface area contributed by atoms with Gasteiger partial charge in [-0.1, -0.05) is 6.07 Å². The van der Waals surface area contributed by atoms with Gasteiger partial charge >= 0.3 is 0 Å². The first-order chi connectivity index (χ1) is 13.0. The Hall–Kier alpha value is -2.53. The third kappa shape index (κ3) is 4.61. The fourth-order valence-corrected chi connectivity index (χ4v) is 3.33. The minimum Gasteiger partial charge on any atom is -0.493 e. The zero-order valence-electron chi connectivity index (χ0n) is 14.1. The highest BCUT2D eigenvalue weighted by Gasteiger charge is 2.26. The number of rotatable bonds is 5. The molecule has 27 heavy (non-hydrogen) atoms. The van der Waals surface area contributed by atoms with E-state index in [0.29, 0.717) is 17.1 Å². The van der Waals surface area contributed by atoms with Crippen LogP contribution in [-0.2, 0) is 16.2 Å². The number of halogens is 1. The molecular weight excluding hydrogens is 481 g/mol. The number of pyridine rings is 1. The number of nitrogens with zero attached hydrogens (tertiary/aromatic N) is 1. The van der Waals surface area contributed by atoms with Crippen LogP contribution in [0.5, 0.6) is 11.5 Å². The number of thiocarbonyl (C=S) groups is 1. The molecule has 1 aromatic heterocycles. The molecule has 2 N–H and O–H groups in total. The van der Waals surface area contributed by atoms with Gasteiger partial charge in [-0.3, -0.25) is 25.2 Å². The van der Waals surface area contributed by atoms with Crippen LogP contribution in [-0.4, -0.2) is 29.0 Å². The Morgan fingerprint density at radius 3 is 2.59 bits per heavy atom. The van der Waals surface area contributed by atoms with Crippen LogP contribution >= 0.6 is 34.8 Å². The zero-order chi connectivity index (χ0) is 19.4. The Labute approximate surface area is 174 Å². The number of hydrogen-bond acceptors (Lipinski definition) is 6. The van der Waals surface area contributed by atoms with Crippen LogP contribution in [0.3, 0.4) is 0 Å². The summed E-state index contributed by atoms with van der Waals surface area (Å²) in [6, 6.07) is 9.06. The Balaban J connectivity index is 1.87. The molecule has 0 aliphatic carbocycles. The van der Waals surface area contributed by atoms with Crippen molar-refractivity contribution in [1.82, 2.24) is 15.6 Å². The molecule has 9 heteroatoms. The predicted molar refractivity (Wildman–Crippen MR) is 111 cm³/mol. The van der Waals surface area contributed by atoms with Crippen molar-refractivity contribution in [2.24, 2.45) is 0 Å². The summed E-state index contributed by atoms with van der Waals surface area (Å²) in [6.07, 6.45) is 3.17. The minimum absolute atomic E-state index is 0.00687. The smallest absolute Gasteiger partial charge is 0.263 e. The van der Waals surface area contributed by atoms with Crippen LogP contribution in [0, 0.1) is 3.57 Å². The third-order valence-corrected chi connectivity index (χ3v) is 4.60. The van der Waals surface area contributed by atoms with Crippen LogP contribution in [0.15, 0.2) is 42.1 Å². The maximum Gasteiger partial charge on any atom is 0.263 e. The molecule has 2 aromatic rings. The van der Waals surface area contributed by atoms with Crippen LogP contribution in [0.1, 0.15) is 11.3 Å². The summed E-state index contributed by atoms with van der Waals surface area (Å²) < 4.78 is 12.0. The first kappa shape index (κ1) is 19.2. The van der Waals surface area contributed by atoms with Crippen molar-refractivity contribution in [3.05, 3.63) is 56.9 Å². The van der Waals surface area contributed by atoms with E-state index in [1.165, 1.54) is 13.2 Å². The second kappa shape index (κ2) is 8.44. The first-order valence-corrected chi connectivity index (χ1v) is 9.25. The highest BCUT2D eigenvalue weighted by atomic mass is 127. The summed E-state index contributed by atoms with van der Waals surface area (Å²) in [7, 11) is 1.52. The van der Waals surface area contributed by atoms with Crippen LogP contribution < -0.4 is 20.1 Å². The van der Waals surface area contributed by atoms with E-state index in [1.807, 2.05) is 18.2 Å². The van der Waals surface area contributed by atoms with Gasteiger partial charge < -0.3 is 9.47 Å². The van der Waals surface area contributed by atoms with Crippen LogP contribution in [0.4, 0.5) is 0 Å². The van der Waals surface area contributed by atoms with E-state index in [0.717, 1.165) is 9.26 Å². The second-order valence-corrected chi connectivity index (χ2v) is 7.01.